The van der Waals surface area contributed by atoms with Crippen molar-refractivity contribution in [1.29, 1.82) is 0 Å². The van der Waals surface area contributed by atoms with Gasteiger partial charge in [-0.3, -0.25) is 9.59 Å². The second-order valence-electron chi connectivity index (χ2n) is 5.73. The Morgan fingerprint density at radius 1 is 1.11 bits per heavy atom. The lowest BCUT2D eigenvalue weighted by molar-refractivity contribution is -0.141. The number of likely N-dealkylation sites (N-methyl/N-ethyl adjacent to an activating group) is 1. The van der Waals surface area contributed by atoms with E-state index in [9.17, 15) is 9.59 Å². The molecule has 0 bridgehead atoms. The third-order valence-electron chi connectivity index (χ3n) is 3.43. The lowest BCUT2D eigenvalue weighted by Gasteiger charge is -2.35. The van der Waals surface area contributed by atoms with Crippen molar-refractivity contribution in [2.24, 2.45) is 5.41 Å². The van der Waals surface area contributed by atoms with Crippen LogP contribution in [0.25, 0.3) is 0 Å². The molecule has 5 nitrogen and oxygen atoms in total. The Bertz CT molecular complexity index is 307. The molecule has 0 radical (unpaired) electrons. The van der Waals surface area contributed by atoms with E-state index < -0.39 is 11.4 Å². The Morgan fingerprint density at radius 2 is 1.67 bits per heavy atom. The number of piperazine rings is 1. The van der Waals surface area contributed by atoms with Crippen molar-refractivity contribution in [2.45, 2.75) is 33.6 Å². The first-order chi connectivity index (χ1) is 8.34. The zero-order valence-corrected chi connectivity index (χ0v) is 11.6. The first-order valence-electron chi connectivity index (χ1n) is 6.56. The summed E-state index contributed by atoms with van der Waals surface area (Å²) in [5.41, 5.74) is -0.467. The maximum atomic E-state index is 12.1. The first-order valence-corrected chi connectivity index (χ1v) is 6.56. The van der Waals surface area contributed by atoms with Crippen LogP contribution in [0.4, 0.5) is 0 Å². The minimum atomic E-state index is -0.844. The van der Waals surface area contributed by atoms with Crippen molar-refractivity contribution in [1.82, 2.24) is 9.80 Å². The fourth-order valence-corrected chi connectivity index (χ4v) is 2.31. The van der Waals surface area contributed by atoms with Crippen molar-refractivity contribution in [3.63, 3.8) is 0 Å². The average molecular weight is 256 g/mol. The second-order valence-corrected chi connectivity index (χ2v) is 5.73. The third kappa shape index (κ3) is 4.64. The minimum Gasteiger partial charge on any atom is -0.481 e. The van der Waals surface area contributed by atoms with E-state index >= 15 is 0 Å². The third-order valence-corrected chi connectivity index (χ3v) is 3.43. The smallest absolute Gasteiger partial charge is 0.303 e. The van der Waals surface area contributed by atoms with Crippen LogP contribution in [-0.4, -0.2) is 59.5 Å². The lowest BCUT2D eigenvalue weighted by atomic mass is 9.85. The number of carbonyl (C=O) groups is 2. The molecule has 0 aliphatic carbocycles. The van der Waals surface area contributed by atoms with Gasteiger partial charge in [-0.25, -0.2) is 0 Å². The van der Waals surface area contributed by atoms with Crippen LogP contribution in [-0.2, 0) is 9.59 Å². The molecule has 0 aromatic rings. The summed E-state index contributed by atoms with van der Waals surface area (Å²) >= 11 is 0. The van der Waals surface area contributed by atoms with E-state index in [2.05, 4.69) is 11.8 Å². The van der Waals surface area contributed by atoms with E-state index in [0.29, 0.717) is 6.42 Å². The van der Waals surface area contributed by atoms with Crippen LogP contribution in [0.2, 0.25) is 0 Å². The van der Waals surface area contributed by atoms with E-state index in [0.717, 1.165) is 32.7 Å². The van der Waals surface area contributed by atoms with Crippen molar-refractivity contribution in [3.8, 4) is 0 Å². The molecule has 1 fully saturated rings. The highest BCUT2D eigenvalue weighted by Gasteiger charge is 2.29. The molecule has 1 aliphatic heterocycles. The first kappa shape index (κ1) is 15.0. The Morgan fingerprint density at radius 3 is 2.11 bits per heavy atom. The molecule has 1 heterocycles. The monoisotopic (exact) mass is 256 g/mol. The molecular formula is C13H24N2O3. The second kappa shape index (κ2) is 6.18. The van der Waals surface area contributed by atoms with Crippen LogP contribution in [0.5, 0.6) is 0 Å². The zero-order valence-electron chi connectivity index (χ0n) is 11.6. The lowest BCUT2D eigenvalue weighted by Crippen LogP contribution is -2.49. The molecule has 1 amide bonds. The van der Waals surface area contributed by atoms with Gasteiger partial charge in [0.25, 0.3) is 0 Å². The standard InChI is InChI=1S/C13H24N2O3/c1-4-14-5-7-15(8-6-14)11(16)9-13(2,3)10-12(17)18/h4-10H2,1-3H3,(H,17,18). The van der Waals surface area contributed by atoms with Crippen LogP contribution in [0.3, 0.4) is 0 Å². The van der Waals surface area contributed by atoms with E-state index in [1.54, 1.807) is 0 Å². The van der Waals surface area contributed by atoms with E-state index in [1.807, 2.05) is 18.7 Å². The van der Waals surface area contributed by atoms with Gasteiger partial charge in [0, 0.05) is 32.6 Å². The molecule has 0 aromatic heterocycles. The Balaban J connectivity index is 2.44. The molecule has 5 heteroatoms. The van der Waals surface area contributed by atoms with Gasteiger partial charge in [0.05, 0.1) is 6.42 Å². The van der Waals surface area contributed by atoms with Gasteiger partial charge in [-0.05, 0) is 12.0 Å². The van der Waals surface area contributed by atoms with Crippen LogP contribution in [0.1, 0.15) is 33.6 Å². The highest BCUT2D eigenvalue weighted by molar-refractivity contribution is 5.78. The largest absolute Gasteiger partial charge is 0.481 e. The van der Waals surface area contributed by atoms with Gasteiger partial charge >= 0.3 is 5.97 Å². The number of aliphatic carboxylic acids is 1. The molecule has 0 saturated carbocycles. The number of rotatable bonds is 5. The van der Waals surface area contributed by atoms with E-state index in [1.165, 1.54) is 0 Å². The zero-order chi connectivity index (χ0) is 13.8. The Labute approximate surface area is 109 Å². The van der Waals surface area contributed by atoms with Gasteiger partial charge in [0.2, 0.25) is 5.91 Å². The number of nitrogens with zero attached hydrogens (tertiary/aromatic N) is 2. The highest BCUT2D eigenvalue weighted by Crippen LogP contribution is 2.26. The number of hydrogen-bond acceptors (Lipinski definition) is 3. The average Bonchev–Trinajstić information content (AvgIpc) is 2.26. The molecule has 1 rings (SSSR count). The van der Waals surface area contributed by atoms with Gasteiger partial charge in [-0.1, -0.05) is 20.8 Å². The van der Waals surface area contributed by atoms with Crippen molar-refractivity contribution >= 4 is 11.9 Å². The number of carboxylic acid groups (broad SMARTS) is 1. The molecule has 0 aromatic carbocycles. The Hall–Kier alpha value is -1.10. The van der Waals surface area contributed by atoms with E-state index in [4.69, 9.17) is 5.11 Å². The predicted molar refractivity (Wildman–Crippen MR) is 69.3 cm³/mol. The number of hydrogen-bond donors (Lipinski definition) is 1. The molecule has 1 aliphatic rings. The number of amides is 1. The fraction of sp³-hybridized carbons (Fsp3) is 0.846. The fourth-order valence-electron chi connectivity index (χ4n) is 2.31. The van der Waals surface area contributed by atoms with Crippen molar-refractivity contribution < 1.29 is 14.7 Å². The topological polar surface area (TPSA) is 60.9 Å². The normalized spacial score (nSPS) is 17.8. The quantitative estimate of drug-likeness (QED) is 0.798. The molecule has 1 saturated heterocycles. The summed E-state index contributed by atoms with van der Waals surface area (Å²) in [5, 5.41) is 8.81. The van der Waals surface area contributed by atoms with Crippen molar-refractivity contribution in [2.75, 3.05) is 32.7 Å². The van der Waals surface area contributed by atoms with Gasteiger partial charge in [0.15, 0.2) is 0 Å². The number of carboxylic acids is 1. The summed E-state index contributed by atoms with van der Waals surface area (Å²) in [6.45, 7) is 10.2. The Kier molecular flexibility index (Phi) is 5.14. The van der Waals surface area contributed by atoms with Gasteiger partial charge in [-0.2, -0.15) is 0 Å². The summed E-state index contributed by atoms with van der Waals surface area (Å²) < 4.78 is 0. The molecule has 104 valence electrons. The SMILES string of the molecule is CCN1CCN(C(=O)CC(C)(C)CC(=O)O)CC1. The summed E-state index contributed by atoms with van der Waals surface area (Å²) in [4.78, 5) is 27.0. The maximum absolute atomic E-state index is 12.1. The molecule has 1 N–H and O–H groups in total. The van der Waals surface area contributed by atoms with Gasteiger partial charge in [0.1, 0.15) is 0 Å². The summed E-state index contributed by atoms with van der Waals surface area (Å²) in [5.74, 6) is -0.763. The minimum absolute atomic E-state index is 0.0354. The molecular weight excluding hydrogens is 232 g/mol. The van der Waals surface area contributed by atoms with Crippen molar-refractivity contribution in [3.05, 3.63) is 0 Å². The number of carbonyl (C=O) groups excluding carboxylic acids is 1. The highest BCUT2D eigenvalue weighted by atomic mass is 16.4. The summed E-state index contributed by atoms with van der Waals surface area (Å²) in [7, 11) is 0. The maximum Gasteiger partial charge on any atom is 0.303 e. The summed E-state index contributed by atoms with van der Waals surface area (Å²) in [6.07, 6.45) is 0.346. The van der Waals surface area contributed by atoms with Crippen LogP contribution >= 0.6 is 0 Å². The van der Waals surface area contributed by atoms with E-state index in [-0.39, 0.29) is 12.3 Å². The molecule has 18 heavy (non-hydrogen) atoms. The predicted octanol–water partition coefficient (Wildman–Crippen LogP) is 1.04. The molecule has 0 unspecified atom stereocenters. The van der Waals surface area contributed by atoms with Crippen LogP contribution < -0.4 is 0 Å². The summed E-state index contributed by atoms with van der Waals surface area (Å²) in [6, 6.07) is 0. The van der Waals surface area contributed by atoms with Crippen LogP contribution in [0, 0.1) is 5.41 Å². The van der Waals surface area contributed by atoms with Crippen LogP contribution in [0.15, 0.2) is 0 Å². The molecule has 0 spiro atoms. The van der Waals surface area contributed by atoms with Gasteiger partial charge < -0.3 is 14.9 Å². The van der Waals surface area contributed by atoms with Gasteiger partial charge in [-0.15, -0.1) is 0 Å². The molecule has 0 atom stereocenters.